The van der Waals surface area contributed by atoms with E-state index in [0.29, 0.717) is 29.4 Å². The van der Waals surface area contributed by atoms with E-state index in [2.05, 4.69) is 19.6 Å². The maximum Gasteiger partial charge on any atom is 1.00 e. The molecule has 26 heavy (non-hydrogen) atoms. The number of rotatable bonds is 9. The molecule has 1 unspecified atom stereocenters. The summed E-state index contributed by atoms with van der Waals surface area (Å²) in [6.07, 6.45) is 2.25. The Balaban J connectivity index is 0.00000338. The molecule has 4 nitrogen and oxygen atoms in total. The molecular weight excluding hydrogens is 527 g/mol. The van der Waals surface area contributed by atoms with Gasteiger partial charge in [-0.15, -0.1) is 0 Å². The summed E-state index contributed by atoms with van der Waals surface area (Å²) in [5.74, 6) is 2.52. The third-order valence-electron chi connectivity index (χ3n) is 3.90. The van der Waals surface area contributed by atoms with Crippen LogP contribution in [0.4, 0.5) is 0 Å². The second-order valence-electron chi connectivity index (χ2n) is 5.72. The van der Waals surface area contributed by atoms with E-state index >= 15 is 0 Å². The van der Waals surface area contributed by atoms with Crippen LogP contribution in [-0.2, 0) is 32.6 Å². The van der Waals surface area contributed by atoms with Gasteiger partial charge in [-0.25, -0.2) is 0 Å². The van der Waals surface area contributed by atoms with Crippen LogP contribution in [0.3, 0.4) is 0 Å². The van der Waals surface area contributed by atoms with Crippen molar-refractivity contribution in [1.29, 1.82) is 0 Å². The van der Waals surface area contributed by atoms with Crippen LogP contribution in [0.1, 0.15) is 17.5 Å². The fraction of sp³-hybridized carbons (Fsp3) is 0.350. The van der Waals surface area contributed by atoms with Gasteiger partial charge in [0.05, 0.1) is 14.2 Å². The molecule has 0 aromatic heterocycles. The number of phenolic OH excluding ortho intramolecular Hbond substituents is 1. The van der Waals surface area contributed by atoms with Gasteiger partial charge in [0.15, 0.2) is 23.0 Å². The number of aromatic hydroxyl groups is 1. The van der Waals surface area contributed by atoms with Crippen molar-refractivity contribution in [2.24, 2.45) is 0 Å². The zero-order chi connectivity index (χ0) is 18.2. The zero-order valence-corrected chi connectivity index (χ0v) is 18.5. The SMILES string of the molecule is [CH2-]CCc1ccc(OC(CS)Cc2ccc(O)c(OC)c2)c(OC)c1.[Os+]. The van der Waals surface area contributed by atoms with Gasteiger partial charge in [-0.3, -0.25) is 0 Å². The summed E-state index contributed by atoms with van der Waals surface area (Å²) >= 11 is 4.41. The van der Waals surface area contributed by atoms with Crippen LogP contribution in [0.15, 0.2) is 36.4 Å². The molecule has 0 amide bonds. The number of aryl methyl sites for hydroxylation is 1. The van der Waals surface area contributed by atoms with Crippen LogP contribution >= 0.6 is 12.6 Å². The first-order valence-electron chi connectivity index (χ1n) is 8.20. The van der Waals surface area contributed by atoms with Crippen LogP contribution in [0, 0.1) is 6.92 Å². The zero-order valence-electron chi connectivity index (χ0n) is 15.0. The maximum atomic E-state index is 9.71. The Kier molecular flexibility index (Phi) is 9.91. The molecule has 2 aromatic rings. The Hall–Kier alpha value is -1.37. The molecule has 143 valence electrons. The van der Waals surface area contributed by atoms with Crippen molar-refractivity contribution in [1.82, 2.24) is 0 Å². The van der Waals surface area contributed by atoms with E-state index in [1.807, 2.05) is 30.3 Å². The number of methoxy groups -OCH3 is 2. The van der Waals surface area contributed by atoms with E-state index < -0.39 is 0 Å². The van der Waals surface area contributed by atoms with Crippen LogP contribution in [0.2, 0.25) is 0 Å². The van der Waals surface area contributed by atoms with E-state index in [9.17, 15) is 5.11 Å². The largest absolute Gasteiger partial charge is 1.00 e. The van der Waals surface area contributed by atoms with Crippen LogP contribution in [-0.4, -0.2) is 31.2 Å². The first-order chi connectivity index (χ1) is 12.1. The molecule has 2 aromatic carbocycles. The molecule has 1 atom stereocenters. The van der Waals surface area contributed by atoms with Gasteiger partial charge in [-0.05, 0) is 35.4 Å². The first-order valence-corrected chi connectivity index (χ1v) is 8.84. The van der Waals surface area contributed by atoms with E-state index in [0.717, 1.165) is 18.4 Å². The number of ether oxygens (including phenoxy) is 3. The molecule has 0 bridgehead atoms. The molecule has 0 fully saturated rings. The predicted molar refractivity (Wildman–Crippen MR) is 103 cm³/mol. The van der Waals surface area contributed by atoms with E-state index in [1.165, 1.54) is 12.7 Å². The van der Waals surface area contributed by atoms with Gasteiger partial charge in [-0.2, -0.15) is 19.0 Å². The Morgan fingerprint density at radius 2 is 1.65 bits per heavy atom. The minimum absolute atomic E-state index is 0. The summed E-state index contributed by atoms with van der Waals surface area (Å²) in [6, 6.07) is 11.2. The minimum atomic E-state index is -0.134. The molecular formula is C20H25O4OsS. The summed E-state index contributed by atoms with van der Waals surface area (Å²) < 4.78 is 16.7. The maximum absolute atomic E-state index is 9.71. The smallest absolute Gasteiger partial charge is 0.504 e. The van der Waals surface area contributed by atoms with Crippen LogP contribution in [0.25, 0.3) is 0 Å². The molecule has 1 radical (unpaired) electrons. The Labute approximate surface area is 174 Å². The standard InChI is InChI=1S/C20H25O4S.Os/c1-4-5-14-7-9-18(20(11-14)23-3)24-16(13-25)10-15-6-8-17(21)19(12-15)22-2;/h6-9,11-12,16,21,25H,1,4-5,10,13H2,2-3H3;/q-1;+1. The van der Waals surface area contributed by atoms with Crippen molar-refractivity contribution in [3.63, 3.8) is 0 Å². The van der Waals surface area contributed by atoms with Gasteiger partial charge in [0, 0.05) is 12.2 Å². The van der Waals surface area contributed by atoms with Crippen molar-refractivity contribution in [2.45, 2.75) is 25.4 Å². The van der Waals surface area contributed by atoms with E-state index in [1.54, 1.807) is 13.2 Å². The Bertz CT molecular complexity index is 694. The fourth-order valence-corrected chi connectivity index (χ4v) is 2.81. The molecule has 6 heteroatoms. The van der Waals surface area contributed by atoms with Gasteiger partial charge in [0.25, 0.3) is 0 Å². The Morgan fingerprint density at radius 1 is 1.00 bits per heavy atom. The van der Waals surface area contributed by atoms with Gasteiger partial charge in [0.1, 0.15) is 6.10 Å². The third-order valence-corrected chi connectivity index (χ3v) is 4.31. The van der Waals surface area contributed by atoms with Crippen LogP contribution in [0.5, 0.6) is 23.0 Å². The van der Waals surface area contributed by atoms with Gasteiger partial charge >= 0.3 is 19.8 Å². The third kappa shape index (κ3) is 6.11. The summed E-state index contributed by atoms with van der Waals surface area (Å²) in [5, 5.41) is 9.71. The second kappa shape index (κ2) is 11.4. The molecule has 1 N–H and O–H groups in total. The van der Waals surface area contributed by atoms with Crippen molar-refractivity contribution in [3.05, 3.63) is 54.4 Å². The summed E-state index contributed by atoms with van der Waals surface area (Å²) in [7, 11) is 3.17. The van der Waals surface area contributed by atoms with Gasteiger partial charge < -0.3 is 26.2 Å². The molecule has 0 aliphatic rings. The van der Waals surface area contributed by atoms with Crippen molar-refractivity contribution in [3.8, 4) is 23.0 Å². The van der Waals surface area contributed by atoms with E-state index in [4.69, 9.17) is 14.2 Å². The van der Waals surface area contributed by atoms with Crippen LogP contribution < -0.4 is 14.2 Å². The summed E-state index contributed by atoms with van der Waals surface area (Å²) in [5.41, 5.74) is 2.17. The minimum Gasteiger partial charge on any atom is -0.504 e. The monoisotopic (exact) mass is 553 g/mol. The second-order valence-corrected chi connectivity index (χ2v) is 6.09. The number of hydrogen-bond donors (Lipinski definition) is 2. The summed E-state index contributed by atoms with van der Waals surface area (Å²) in [6.45, 7) is 3.88. The predicted octanol–water partition coefficient (Wildman–Crippen LogP) is 4.09. The van der Waals surface area contributed by atoms with Gasteiger partial charge in [0.2, 0.25) is 0 Å². The van der Waals surface area contributed by atoms with E-state index in [-0.39, 0.29) is 31.6 Å². The number of phenols is 1. The molecule has 2 rings (SSSR count). The fourth-order valence-electron chi connectivity index (χ4n) is 2.60. The normalized spacial score (nSPS) is 11.4. The van der Waals surface area contributed by atoms with Crippen molar-refractivity contribution in [2.75, 3.05) is 20.0 Å². The average Bonchev–Trinajstić information content (AvgIpc) is 2.63. The summed E-state index contributed by atoms with van der Waals surface area (Å²) in [4.78, 5) is 0. The first kappa shape index (κ1) is 22.7. The topological polar surface area (TPSA) is 47.9 Å². The molecule has 0 aliphatic carbocycles. The molecule has 0 saturated heterocycles. The number of hydrogen-bond acceptors (Lipinski definition) is 5. The number of benzene rings is 2. The van der Waals surface area contributed by atoms with Gasteiger partial charge in [-0.1, -0.05) is 18.6 Å². The van der Waals surface area contributed by atoms with Crippen molar-refractivity contribution >= 4 is 12.6 Å². The molecule has 0 saturated carbocycles. The number of thiol groups is 1. The molecule has 0 spiro atoms. The molecule has 0 heterocycles. The quantitative estimate of drug-likeness (QED) is 0.364. The molecule has 0 aliphatic heterocycles. The Morgan fingerprint density at radius 3 is 2.27 bits per heavy atom. The van der Waals surface area contributed by atoms with Crippen molar-refractivity contribution < 1.29 is 39.1 Å². The average molecular weight is 552 g/mol.